The highest BCUT2D eigenvalue weighted by Gasteiger charge is 2.35. The number of urea groups is 1. The Kier molecular flexibility index (Phi) is 8.22. The number of anilines is 1. The Morgan fingerprint density at radius 1 is 1.23 bits per heavy atom. The van der Waals surface area contributed by atoms with Crippen LogP contribution in [0.2, 0.25) is 5.02 Å². The van der Waals surface area contributed by atoms with E-state index >= 15 is 0 Å². The topological polar surface area (TPSA) is 93.5 Å². The van der Waals surface area contributed by atoms with Gasteiger partial charge in [-0.3, -0.25) is 15.2 Å². The highest BCUT2D eigenvalue weighted by molar-refractivity contribution is 6.30. The predicted octanol–water partition coefficient (Wildman–Crippen LogP) is 3.86. The fourth-order valence-electron chi connectivity index (χ4n) is 4.37. The van der Waals surface area contributed by atoms with Crippen molar-refractivity contribution in [3.05, 3.63) is 64.9 Å². The Morgan fingerprint density at radius 2 is 2.03 bits per heavy atom. The Balaban J connectivity index is 1.55. The van der Waals surface area contributed by atoms with Gasteiger partial charge in [0, 0.05) is 45.1 Å². The normalized spacial score (nSPS) is 17.9. The summed E-state index contributed by atoms with van der Waals surface area (Å²) in [4.78, 5) is 19.8. The van der Waals surface area contributed by atoms with Crippen LogP contribution in [0.5, 0.6) is 5.88 Å². The molecule has 1 unspecified atom stereocenters. The number of hydrogen-bond donors (Lipinski definition) is 2. The number of likely N-dealkylation sites (tertiary alicyclic amines) is 1. The molecule has 1 fully saturated rings. The lowest BCUT2D eigenvalue weighted by atomic mass is 9.96. The molecule has 186 valence electrons. The SMILES string of the molecule is CCOc1nn(-c2ccccc2)c(NC(=O)N[C@@H]2CN(CCOC)CC2c2cncc(Cl)c2)c1C. The number of para-hydroxylation sites is 1. The number of nitrogens with zero attached hydrogens (tertiary/aromatic N) is 4. The molecule has 0 bridgehead atoms. The van der Waals surface area contributed by atoms with E-state index in [9.17, 15) is 4.79 Å². The maximum absolute atomic E-state index is 13.2. The molecule has 3 heterocycles. The number of amides is 2. The standard InChI is InChI=1S/C25H31ClN6O3/c1-4-35-24-17(2)23(32(30-24)20-8-6-5-7-9-20)29-25(33)28-22-16-31(10-11-34-3)15-21(22)18-12-19(26)14-27-13-18/h5-9,12-14,21-22H,4,10-11,15-16H2,1-3H3,(H2,28,29,33)/t21?,22-/m1/s1. The molecular formula is C25H31ClN6O3. The molecule has 0 spiro atoms. The first-order valence-corrected chi connectivity index (χ1v) is 12.0. The van der Waals surface area contributed by atoms with E-state index in [1.807, 2.05) is 56.4 Å². The molecule has 2 amide bonds. The van der Waals surface area contributed by atoms with Gasteiger partial charge in [0.15, 0.2) is 0 Å². The lowest BCUT2D eigenvalue weighted by Gasteiger charge is -2.21. The van der Waals surface area contributed by atoms with Gasteiger partial charge in [-0.25, -0.2) is 9.48 Å². The van der Waals surface area contributed by atoms with Crippen molar-refractivity contribution < 1.29 is 14.3 Å². The van der Waals surface area contributed by atoms with E-state index in [-0.39, 0.29) is 18.0 Å². The Labute approximate surface area is 210 Å². The number of nitrogens with one attached hydrogen (secondary N) is 2. The lowest BCUT2D eigenvalue weighted by Crippen LogP contribution is -2.42. The zero-order valence-electron chi connectivity index (χ0n) is 20.2. The highest BCUT2D eigenvalue weighted by Crippen LogP contribution is 2.30. The maximum Gasteiger partial charge on any atom is 0.320 e. The van der Waals surface area contributed by atoms with Crippen molar-refractivity contribution in [1.82, 2.24) is 25.0 Å². The summed E-state index contributed by atoms with van der Waals surface area (Å²) in [5.41, 5.74) is 2.58. The summed E-state index contributed by atoms with van der Waals surface area (Å²) < 4.78 is 12.6. The highest BCUT2D eigenvalue weighted by atomic mass is 35.5. The Hall–Kier alpha value is -3.14. The van der Waals surface area contributed by atoms with E-state index in [0.717, 1.165) is 29.9 Å². The van der Waals surface area contributed by atoms with Gasteiger partial charge in [-0.15, -0.1) is 5.10 Å². The average Bonchev–Trinajstić information content (AvgIpc) is 3.39. The van der Waals surface area contributed by atoms with Crippen LogP contribution in [0.25, 0.3) is 5.69 Å². The number of carbonyl (C=O) groups excluding carboxylic acids is 1. The molecular weight excluding hydrogens is 468 g/mol. The molecule has 10 heteroatoms. The van der Waals surface area contributed by atoms with Crippen molar-refractivity contribution in [2.75, 3.05) is 45.3 Å². The smallest absolute Gasteiger partial charge is 0.320 e. The van der Waals surface area contributed by atoms with Gasteiger partial charge in [-0.2, -0.15) is 0 Å². The van der Waals surface area contributed by atoms with Gasteiger partial charge < -0.3 is 14.8 Å². The van der Waals surface area contributed by atoms with Crippen LogP contribution in [-0.4, -0.2) is 71.7 Å². The number of methoxy groups -OCH3 is 1. The Morgan fingerprint density at radius 3 is 2.74 bits per heavy atom. The largest absolute Gasteiger partial charge is 0.477 e. The molecule has 1 aliphatic heterocycles. The molecule has 2 aromatic heterocycles. The molecule has 0 aliphatic carbocycles. The van der Waals surface area contributed by atoms with Crippen molar-refractivity contribution >= 4 is 23.4 Å². The molecule has 0 radical (unpaired) electrons. The monoisotopic (exact) mass is 498 g/mol. The third-order valence-corrected chi connectivity index (χ3v) is 6.28. The third kappa shape index (κ3) is 5.93. The van der Waals surface area contributed by atoms with Crippen molar-refractivity contribution in [2.45, 2.75) is 25.8 Å². The fourth-order valence-corrected chi connectivity index (χ4v) is 4.55. The minimum atomic E-state index is -0.313. The van der Waals surface area contributed by atoms with Crippen molar-refractivity contribution in [2.24, 2.45) is 0 Å². The van der Waals surface area contributed by atoms with E-state index in [1.165, 1.54) is 0 Å². The summed E-state index contributed by atoms with van der Waals surface area (Å²) in [5, 5.41) is 11.3. The van der Waals surface area contributed by atoms with E-state index in [2.05, 4.69) is 25.6 Å². The van der Waals surface area contributed by atoms with Crippen LogP contribution < -0.4 is 15.4 Å². The number of rotatable bonds is 9. The first-order chi connectivity index (χ1) is 17.0. The van der Waals surface area contributed by atoms with Crippen molar-refractivity contribution in [1.29, 1.82) is 0 Å². The number of carbonyl (C=O) groups is 1. The van der Waals surface area contributed by atoms with Crippen LogP contribution in [-0.2, 0) is 4.74 Å². The minimum Gasteiger partial charge on any atom is -0.477 e. The van der Waals surface area contributed by atoms with E-state index in [0.29, 0.717) is 36.5 Å². The molecule has 1 aromatic carbocycles. The van der Waals surface area contributed by atoms with Crippen molar-refractivity contribution in [3.8, 4) is 11.6 Å². The van der Waals surface area contributed by atoms with Crippen LogP contribution in [0.1, 0.15) is 24.0 Å². The van der Waals surface area contributed by atoms with Crippen LogP contribution in [0.4, 0.5) is 10.6 Å². The van der Waals surface area contributed by atoms with Gasteiger partial charge in [-0.1, -0.05) is 29.8 Å². The average molecular weight is 499 g/mol. The lowest BCUT2D eigenvalue weighted by molar-refractivity contribution is 0.159. The van der Waals surface area contributed by atoms with Crippen LogP contribution >= 0.6 is 11.6 Å². The predicted molar refractivity (Wildman–Crippen MR) is 136 cm³/mol. The second kappa shape index (κ2) is 11.5. The number of benzene rings is 1. The number of ether oxygens (including phenoxy) is 2. The minimum absolute atomic E-state index is 0.0444. The summed E-state index contributed by atoms with van der Waals surface area (Å²) in [7, 11) is 1.69. The van der Waals surface area contributed by atoms with Gasteiger partial charge in [0.05, 0.1) is 35.5 Å². The molecule has 35 heavy (non-hydrogen) atoms. The number of aromatic nitrogens is 3. The first-order valence-electron chi connectivity index (χ1n) is 11.7. The molecule has 2 N–H and O–H groups in total. The van der Waals surface area contributed by atoms with Crippen molar-refractivity contribution in [3.63, 3.8) is 0 Å². The molecule has 3 aromatic rings. The molecule has 1 saturated heterocycles. The number of hydrogen-bond acceptors (Lipinski definition) is 6. The molecule has 9 nitrogen and oxygen atoms in total. The number of halogens is 1. The Bertz CT molecular complexity index is 1140. The molecule has 2 atom stereocenters. The summed E-state index contributed by atoms with van der Waals surface area (Å²) in [6, 6.07) is 11.1. The summed E-state index contributed by atoms with van der Waals surface area (Å²) in [6.07, 6.45) is 3.42. The zero-order chi connectivity index (χ0) is 24.8. The number of pyridine rings is 1. The second-order valence-corrected chi connectivity index (χ2v) is 8.90. The van der Waals surface area contributed by atoms with E-state index in [4.69, 9.17) is 21.1 Å². The van der Waals surface area contributed by atoms with Gasteiger partial charge in [0.25, 0.3) is 0 Å². The summed E-state index contributed by atoms with van der Waals surface area (Å²) in [5.74, 6) is 1.09. The zero-order valence-corrected chi connectivity index (χ0v) is 21.0. The third-order valence-electron chi connectivity index (χ3n) is 6.07. The van der Waals surface area contributed by atoms with Crippen LogP contribution in [0, 0.1) is 6.92 Å². The molecule has 1 aliphatic rings. The van der Waals surface area contributed by atoms with Gasteiger partial charge in [-0.05, 0) is 37.6 Å². The summed E-state index contributed by atoms with van der Waals surface area (Å²) in [6.45, 7) is 7.12. The fraction of sp³-hybridized carbons (Fsp3) is 0.400. The quantitative estimate of drug-likeness (QED) is 0.465. The van der Waals surface area contributed by atoms with Gasteiger partial charge in [0.2, 0.25) is 5.88 Å². The first kappa shape index (κ1) is 25.0. The maximum atomic E-state index is 13.2. The summed E-state index contributed by atoms with van der Waals surface area (Å²) >= 11 is 6.21. The van der Waals surface area contributed by atoms with Crippen LogP contribution in [0.3, 0.4) is 0 Å². The van der Waals surface area contributed by atoms with Gasteiger partial charge in [0.1, 0.15) is 5.82 Å². The van der Waals surface area contributed by atoms with E-state index in [1.54, 1.807) is 18.0 Å². The molecule has 0 saturated carbocycles. The van der Waals surface area contributed by atoms with E-state index < -0.39 is 0 Å². The van der Waals surface area contributed by atoms with Gasteiger partial charge >= 0.3 is 6.03 Å². The second-order valence-electron chi connectivity index (χ2n) is 8.46. The molecule has 4 rings (SSSR count). The van der Waals surface area contributed by atoms with Crippen LogP contribution in [0.15, 0.2) is 48.8 Å².